The van der Waals surface area contributed by atoms with E-state index in [4.69, 9.17) is 0 Å². The van der Waals surface area contributed by atoms with E-state index in [1.807, 2.05) is 0 Å². The Hall–Kier alpha value is -3.79. The molecule has 3 rings (SSSR count). The number of benzene rings is 3. The molecule has 0 radical (unpaired) electrons. The number of anilines is 1. The van der Waals surface area contributed by atoms with Crippen LogP contribution in [0.5, 0.6) is 0 Å². The van der Waals surface area contributed by atoms with Gasteiger partial charge in [0.25, 0.3) is 21.8 Å². The summed E-state index contributed by atoms with van der Waals surface area (Å²) in [6.07, 6.45) is 0. The van der Waals surface area contributed by atoms with Crippen molar-refractivity contribution in [2.75, 3.05) is 4.72 Å². The van der Waals surface area contributed by atoms with Crippen LogP contribution in [0, 0.1) is 11.6 Å². The van der Waals surface area contributed by atoms with Crippen LogP contribution < -0.4 is 15.6 Å². The van der Waals surface area contributed by atoms with E-state index in [0.29, 0.717) is 0 Å². The molecule has 10 heteroatoms. The number of hydrazine groups is 1. The Morgan fingerprint density at radius 1 is 0.700 bits per heavy atom. The van der Waals surface area contributed by atoms with Gasteiger partial charge in [0.2, 0.25) is 0 Å². The van der Waals surface area contributed by atoms with Crippen LogP contribution >= 0.6 is 0 Å². The molecule has 0 aromatic heterocycles. The van der Waals surface area contributed by atoms with Crippen molar-refractivity contribution in [2.24, 2.45) is 0 Å². The SMILES string of the molecule is O=C(NNC(=O)c1ccc(S(=O)(=O)Nc2ccccc2F)cc1)c1ccc(F)cc1. The fourth-order valence-corrected chi connectivity index (χ4v) is 3.46. The van der Waals surface area contributed by atoms with Crippen LogP contribution in [0.2, 0.25) is 0 Å². The van der Waals surface area contributed by atoms with Crippen LogP contribution in [0.3, 0.4) is 0 Å². The lowest BCUT2D eigenvalue weighted by Crippen LogP contribution is -2.41. The number of carbonyl (C=O) groups is 2. The second kappa shape index (κ2) is 8.70. The molecule has 0 saturated heterocycles. The summed E-state index contributed by atoms with van der Waals surface area (Å²) in [6.45, 7) is 0. The number of halogens is 2. The largest absolute Gasteiger partial charge is 0.277 e. The van der Waals surface area contributed by atoms with Crippen molar-refractivity contribution in [3.63, 3.8) is 0 Å². The minimum atomic E-state index is -4.07. The molecule has 2 amide bonds. The number of hydrogen-bond donors (Lipinski definition) is 3. The topological polar surface area (TPSA) is 104 Å². The Balaban J connectivity index is 1.64. The van der Waals surface area contributed by atoms with Gasteiger partial charge in [-0.15, -0.1) is 0 Å². The van der Waals surface area contributed by atoms with Crippen LogP contribution in [0.4, 0.5) is 14.5 Å². The lowest BCUT2D eigenvalue weighted by atomic mass is 10.2. The van der Waals surface area contributed by atoms with Crippen LogP contribution in [0.25, 0.3) is 0 Å². The molecule has 0 atom stereocenters. The number of carbonyl (C=O) groups excluding carboxylic acids is 2. The Labute approximate surface area is 170 Å². The Kier molecular flexibility index (Phi) is 6.07. The van der Waals surface area contributed by atoms with E-state index in [1.54, 1.807) is 0 Å². The zero-order valence-corrected chi connectivity index (χ0v) is 16.0. The first-order valence-electron chi connectivity index (χ1n) is 8.50. The van der Waals surface area contributed by atoms with Crippen molar-refractivity contribution in [2.45, 2.75) is 4.90 Å². The number of hydrogen-bond acceptors (Lipinski definition) is 4. The second-order valence-electron chi connectivity index (χ2n) is 6.02. The zero-order valence-electron chi connectivity index (χ0n) is 15.2. The normalized spacial score (nSPS) is 10.9. The standard InChI is InChI=1S/C20H15F2N3O4S/c21-15-9-5-13(6-10-15)19(26)23-24-20(27)14-7-11-16(12-8-14)30(28,29)25-18-4-2-1-3-17(18)22/h1-12,25H,(H,23,26)(H,24,27). The fraction of sp³-hybridized carbons (Fsp3) is 0. The summed E-state index contributed by atoms with van der Waals surface area (Å²) in [6, 6.07) is 14.8. The molecule has 3 N–H and O–H groups in total. The first-order valence-corrected chi connectivity index (χ1v) is 9.98. The summed E-state index contributed by atoms with van der Waals surface area (Å²) in [5, 5.41) is 0. The van der Waals surface area contributed by atoms with Crippen LogP contribution in [-0.2, 0) is 10.0 Å². The molecule has 30 heavy (non-hydrogen) atoms. The predicted molar refractivity (Wildman–Crippen MR) is 105 cm³/mol. The number of rotatable bonds is 5. The van der Waals surface area contributed by atoms with Gasteiger partial charge in [-0.1, -0.05) is 12.1 Å². The van der Waals surface area contributed by atoms with E-state index in [2.05, 4.69) is 15.6 Å². The van der Waals surface area contributed by atoms with Gasteiger partial charge in [-0.3, -0.25) is 25.2 Å². The number of sulfonamides is 1. The molecule has 0 aliphatic carbocycles. The third kappa shape index (κ3) is 4.97. The molecule has 0 saturated carbocycles. The maximum Gasteiger partial charge on any atom is 0.269 e. The molecule has 0 bridgehead atoms. The maximum atomic E-state index is 13.7. The monoisotopic (exact) mass is 431 g/mol. The summed E-state index contributed by atoms with van der Waals surface area (Å²) in [4.78, 5) is 23.9. The zero-order chi connectivity index (χ0) is 21.7. The summed E-state index contributed by atoms with van der Waals surface area (Å²) in [5.74, 6) is -2.59. The lowest BCUT2D eigenvalue weighted by molar-refractivity contribution is 0.0846. The highest BCUT2D eigenvalue weighted by Gasteiger charge is 2.17. The van der Waals surface area contributed by atoms with Crippen LogP contribution in [0.15, 0.2) is 77.7 Å². The van der Waals surface area contributed by atoms with Gasteiger partial charge < -0.3 is 0 Å². The van der Waals surface area contributed by atoms with E-state index in [-0.39, 0.29) is 21.7 Å². The average molecular weight is 431 g/mol. The number of para-hydroxylation sites is 1. The average Bonchev–Trinajstić information content (AvgIpc) is 2.74. The quantitative estimate of drug-likeness (QED) is 0.541. The van der Waals surface area contributed by atoms with Crippen molar-refractivity contribution >= 4 is 27.5 Å². The molecule has 0 heterocycles. The van der Waals surface area contributed by atoms with Crippen molar-refractivity contribution in [1.29, 1.82) is 0 Å². The van der Waals surface area contributed by atoms with Crippen molar-refractivity contribution < 1.29 is 26.8 Å². The van der Waals surface area contributed by atoms with E-state index in [1.165, 1.54) is 54.6 Å². The van der Waals surface area contributed by atoms with Gasteiger partial charge in [-0.25, -0.2) is 17.2 Å². The van der Waals surface area contributed by atoms with Crippen LogP contribution in [-0.4, -0.2) is 20.2 Å². The van der Waals surface area contributed by atoms with Crippen molar-refractivity contribution in [3.8, 4) is 0 Å². The van der Waals surface area contributed by atoms with E-state index in [9.17, 15) is 26.8 Å². The molecule has 0 aliphatic heterocycles. The first-order chi connectivity index (χ1) is 14.3. The third-order valence-corrected chi connectivity index (χ3v) is 5.32. The van der Waals surface area contributed by atoms with Gasteiger partial charge in [0.05, 0.1) is 10.6 Å². The van der Waals surface area contributed by atoms with E-state index >= 15 is 0 Å². The Morgan fingerprint density at radius 2 is 1.20 bits per heavy atom. The smallest absolute Gasteiger partial charge is 0.269 e. The molecule has 7 nitrogen and oxygen atoms in total. The van der Waals surface area contributed by atoms with Gasteiger partial charge in [0.15, 0.2) is 0 Å². The first kappa shape index (κ1) is 20.9. The predicted octanol–water partition coefficient (Wildman–Crippen LogP) is 2.84. The second-order valence-corrected chi connectivity index (χ2v) is 7.71. The van der Waals surface area contributed by atoms with Gasteiger partial charge in [-0.2, -0.15) is 0 Å². The number of nitrogens with one attached hydrogen (secondary N) is 3. The highest BCUT2D eigenvalue weighted by Crippen LogP contribution is 2.19. The number of amides is 2. The Morgan fingerprint density at radius 3 is 1.73 bits per heavy atom. The lowest BCUT2D eigenvalue weighted by Gasteiger charge is -2.10. The summed E-state index contributed by atoms with van der Waals surface area (Å²) >= 11 is 0. The van der Waals surface area contributed by atoms with Gasteiger partial charge in [0, 0.05) is 11.1 Å². The minimum Gasteiger partial charge on any atom is -0.277 e. The minimum absolute atomic E-state index is 0.0687. The van der Waals surface area contributed by atoms with Crippen molar-refractivity contribution in [3.05, 3.63) is 95.6 Å². The molecule has 0 aliphatic rings. The summed E-state index contributed by atoms with van der Waals surface area (Å²) in [7, 11) is -4.07. The van der Waals surface area contributed by atoms with E-state index < -0.39 is 33.5 Å². The van der Waals surface area contributed by atoms with Crippen LogP contribution in [0.1, 0.15) is 20.7 Å². The molecule has 154 valence electrons. The summed E-state index contributed by atoms with van der Waals surface area (Å²) < 4.78 is 53.4. The molecule has 0 spiro atoms. The highest BCUT2D eigenvalue weighted by atomic mass is 32.2. The molecule has 3 aromatic rings. The highest BCUT2D eigenvalue weighted by molar-refractivity contribution is 7.92. The Bertz CT molecular complexity index is 1180. The molecular formula is C20H15F2N3O4S. The molecule has 0 unspecified atom stereocenters. The maximum absolute atomic E-state index is 13.7. The van der Waals surface area contributed by atoms with E-state index in [0.717, 1.165) is 18.2 Å². The molecule has 0 fully saturated rings. The molecular weight excluding hydrogens is 416 g/mol. The van der Waals surface area contributed by atoms with Gasteiger partial charge in [-0.05, 0) is 60.7 Å². The fourth-order valence-electron chi connectivity index (χ4n) is 2.39. The van der Waals surface area contributed by atoms with Crippen molar-refractivity contribution in [1.82, 2.24) is 10.9 Å². The molecule has 3 aromatic carbocycles. The van der Waals surface area contributed by atoms with Gasteiger partial charge in [0.1, 0.15) is 11.6 Å². The summed E-state index contributed by atoms with van der Waals surface area (Å²) in [5.41, 5.74) is 4.34. The van der Waals surface area contributed by atoms with Gasteiger partial charge >= 0.3 is 0 Å². The third-order valence-electron chi connectivity index (χ3n) is 3.94.